The lowest BCUT2D eigenvalue weighted by Crippen LogP contribution is -2.44. The maximum Gasteiger partial charge on any atom is 0.275 e. The van der Waals surface area contributed by atoms with Crippen molar-refractivity contribution in [2.24, 2.45) is 11.8 Å². The molecule has 18 heavy (non-hydrogen) atoms. The Morgan fingerprint density at radius 2 is 2.11 bits per heavy atom. The van der Waals surface area contributed by atoms with Gasteiger partial charge in [0, 0.05) is 6.07 Å². The summed E-state index contributed by atoms with van der Waals surface area (Å²) in [6.45, 7) is 3.97. The number of ether oxygens (including phenoxy) is 3. The van der Waals surface area contributed by atoms with Crippen LogP contribution in [-0.4, -0.2) is 18.8 Å². The summed E-state index contributed by atoms with van der Waals surface area (Å²) in [6, 6.07) is 5.17. The van der Waals surface area contributed by atoms with E-state index >= 15 is 0 Å². The highest BCUT2D eigenvalue weighted by molar-refractivity contribution is 5.80. The molecule has 3 N–H and O–H groups in total. The highest BCUT2D eigenvalue weighted by Gasteiger charge is 2.24. The van der Waals surface area contributed by atoms with Gasteiger partial charge in [-0.2, -0.15) is 0 Å². The van der Waals surface area contributed by atoms with Crippen molar-refractivity contribution in [3.63, 3.8) is 0 Å². The summed E-state index contributed by atoms with van der Waals surface area (Å²) in [5.74, 6) is 6.60. The van der Waals surface area contributed by atoms with E-state index < -0.39 is 6.10 Å². The van der Waals surface area contributed by atoms with Gasteiger partial charge in [-0.3, -0.25) is 10.2 Å². The molecule has 1 atom stereocenters. The molecule has 0 aliphatic carbocycles. The van der Waals surface area contributed by atoms with Gasteiger partial charge >= 0.3 is 0 Å². The third kappa shape index (κ3) is 2.48. The zero-order valence-corrected chi connectivity index (χ0v) is 10.3. The molecule has 0 spiro atoms. The van der Waals surface area contributed by atoms with Crippen LogP contribution < -0.4 is 25.5 Å². The zero-order chi connectivity index (χ0) is 13.1. The van der Waals surface area contributed by atoms with Crippen molar-refractivity contribution >= 4 is 5.91 Å². The van der Waals surface area contributed by atoms with E-state index in [4.69, 9.17) is 20.1 Å². The topological polar surface area (TPSA) is 82.8 Å². The Bertz CT molecular complexity index is 448. The highest BCUT2D eigenvalue weighted by atomic mass is 16.7. The van der Waals surface area contributed by atoms with E-state index in [9.17, 15) is 4.79 Å². The van der Waals surface area contributed by atoms with Gasteiger partial charge < -0.3 is 14.2 Å². The molecule has 1 aromatic carbocycles. The van der Waals surface area contributed by atoms with Crippen LogP contribution in [0, 0.1) is 5.92 Å². The first-order valence-electron chi connectivity index (χ1n) is 5.68. The number of carbonyl (C=O) groups excluding carboxylic acids is 1. The van der Waals surface area contributed by atoms with Crippen molar-refractivity contribution in [3.05, 3.63) is 18.2 Å². The predicted octanol–water partition coefficient (Wildman–Crippen LogP) is 0.809. The Balaban J connectivity index is 2.14. The molecule has 1 aliphatic rings. The van der Waals surface area contributed by atoms with Gasteiger partial charge in [-0.15, -0.1) is 0 Å². The smallest absolute Gasteiger partial charge is 0.275 e. The van der Waals surface area contributed by atoms with Crippen molar-refractivity contribution in [2.75, 3.05) is 6.79 Å². The summed E-state index contributed by atoms with van der Waals surface area (Å²) in [7, 11) is 0. The zero-order valence-electron chi connectivity index (χ0n) is 10.3. The number of benzene rings is 1. The van der Waals surface area contributed by atoms with Crippen LogP contribution in [0.4, 0.5) is 0 Å². The Labute approximate surface area is 105 Å². The fraction of sp³-hybridized carbons (Fsp3) is 0.417. The number of carbonyl (C=O) groups is 1. The summed E-state index contributed by atoms with van der Waals surface area (Å²) < 4.78 is 16.1. The van der Waals surface area contributed by atoms with E-state index in [1.807, 2.05) is 13.8 Å². The normalized spacial score (nSPS) is 14.4. The van der Waals surface area contributed by atoms with Crippen molar-refractivity contribution in [1.82, 2.24) is 5.43 Å². The minimum absolute atomic E-state index is 0.000951. The maximum atomic E-state index is 11.6. The van der Waals surface area contributed by atoms with E-state index in [0.29, 0.717) is 17.2 Å². The van der Waals surface area contributed by atoms with Crippen molar-refractivity contribution in [3.8, 4) is 17.2 Å². The second-order valence-electron chi connectivity index (χ2n) is 4.31. The Morgan fingerprint density at radius 3 is 2.78 bits per heavy atom. The minimum Gasteiger partial charge on any atom is -0.480 e. The van der Waals surface area contributed by atoms with Crippen LogP contribution in [0.1, 0.15) is 13.8 Å². The molecule has 2 rings (SSSR count). The number of amides is 1. The third-order valence-corrected chi connectivity index (χ3v) is 2.61. The molecular weight excluding hydrogens is 236 g/mol. The van der Waals surface area contributed by atoms with Gasteiger partial charge in [-0.25, -0.2) is 5.84 Å². The van der Waals surface area contributed by atoms with Crippen LogP contribution in [0.3, 0.4) is 0 Å². The van der Waals surface area contributed by atoms with Gasteiger partial charge in [0.15, 0.2) is 17.6 Å². The van der Waals surface area contributed by atoms with Crippen LogP contribution in [0.5, 0.6) is 17.2 Å². The average Bonchev–Trinajstić information content (AvgIpc) is 2.82. The molecule has 1 aromatic rings. The van der Waals surface area contributed by atoms with Crippen LogP contribution in [0.15, 0.2) is 18.2 Å². The van der Waals surface area contributed by atoms with Crippen LogP contribution >= 0.6 is 0 Å². The largest absolute Gasteiger partial charge is 0.480 e. The quantitative estimate of drug-likeness (QED) is 0.470. The summed E-state index contributed by atoms with van der Waals surface area (Å²) in [5.41, 5.74) is 2.10. The SMILES string of the molecule is CC(C)C(Oc1ccc2c(c1)OCO2)C(=O)NN. The lowest BCUT2D eigenvalue weighted by atomic mass is 10.1. The fourth-order valence-corrected chi connectivity index (χ4v) is 1.67. The number of hydrogen-bond acceptors (Lipinski definition) is 5. The van der Waals surface area contributed by atoms with Gasteiger partial charge in [0.1, 0.15) is 5.75 Å². The van der Waals surface area contributed by atoms with Crippen molar-refractivity contribution < 1.29 is 19.0 Å². The minimum atomic E-state index is -0.643. The number of rotatable bonds is 4. The number of nitrogens with two attached hydrogens (primary N) is 1. The van der Waals surface area contributed by atoms with Gasteiger partial charge in [0.25, 0.3) is 5.91 Å². The molecule has 0 saturated carbocycles. The second-order valence-corrected chi connectivity index (χ2v) is 4.31. The Kier molecular flexibility index (Phi) is 3.57. The first kappa shape index (κ1) is 12.5. The molecule has 0 aromatic heterocycles. The van der Waals surface area contributed by atoms with E-state index in [0.717, 1.165) is 0 Å². The fourth-order valence-electron chi connectivity index (χ4n) is 1.67. The van der Waals surface area contributed by atoms with Crippen molar-refractivity contribution in [2.45, 2.75) is 20.0 Å². The van der Waals surface area contributed by atoms with Gasteiger partial charge in [-0.05, 0) is 18.1 Å². The molecule has 0 bridgehead atoms. The maximum absolute atomic E-state index is 11.6. The van der Waals surface area contributed by atoms with Gasteiger partial charge in [-0.1, -0.05) is 13.8 Å². The number of hydrazine groups is 1. The van der Waals surface area contributed by atoms with Crippen LogP contribution in [-0.2, 0) is 4.79 Å². The number of hydrogen-bond donors (Lipinski definition) is 2. The second kappa shape index (κ2) is 5.14. The molecule has 0 fully saturated rings. The molecule has 6 nitrogen and oxygen atoms in total. The van der Waals surface area contributed by atoms with Gasteiger partial charge in [0.2, 0.25) is 6.79 Å². The monoisotopic (exact) mass is 252 g/mol. The summed E-state index contributed by atoms with van der Waals surface area (Å²) in [5, 5.41) is 0. The lowest BCUT2D eigenvalue weighted by molar-refractivity contribution is -0.129. The van der Waals surface area contributed by atoms with Crippen molar-refractivity contribution in [1.29, 1.82) is 0 Å². The standard InChI is InChI=1S/C12H16N2O4/c1-7(2)11(12(15)14-13)18-8-3-4-9-10(5-8)17-6-16-9/h3-5,7,11H,6,13H2,1-2H3,(H,14,15). The van der Waals surface area contributed by atoms with E-state index in [1.54, 1.807) is 18.2 Å². The molecule has 1 aliphatic heterocycles. The summed E-state index contributed by atoms with van der Waals surface area (Å²) in [4.78, 5) is 11.6. The van der Waals surface area contributed by atoms with E-state index in [-0.39, 0.29) is 18.6 Å². The highest BCUT2D eigenvalue weighted by Crippen LogP contribution is 2.35. The average molecular weight is 252 g/mol. The Hall–Kier alpha value is -1.95. The lowest BCUT2D eigenvalue weighted by Gasteiger charge is -2.20. The molecule has 6 heteroatoms. The number of fused-ring (bicyclic) bond motifs is 1. The molecule has 1 heterocycles. The van der Waals surface area contributed by atoms with Gasteiger partial charge in [0.05, 0.1) is 0 Å². The summed E-state index contributed by atoms with van der Waals surface area (Å²) in [6.07, 6.45) is -0.643. The summed E-state index contributed by atoms with van der Waals surface area (Å²) >= 11 is 0. The Morgan fingerprint density at radius 1 is 1.39 bits per heavy atom. The third-order valence-electron chi connectivity index (χ3n) is 2.61. The van der Waals surface area contributed by atoms with Crippen LogP contribution in [0.25, 0.3) is 0 Å². The molecule has 1 unspecified atom stereocenters. The van der Waals surface area contributed by atoms with E-state index in [1.165, 1.54) is 0 Å². The molecule has 0 radical (unpaired) electrons. The molecular formula is C12H16N2O4. The van der Waals surface area contributed by atoms with E-state index in [2.05, 4.69) is 5.43 Å². The first-order valence-corrected chi connectivity index (χ1v) is 5.68. The van der Waals surface area contributed by atoms with Crippen LogP contribution in [0.2, 0.25) is 0 Å². The number of nitrogens with one attached hydrogen (secondary N) is 1. The first-order chi connectivity index (χ1) is 8.61. The molecule has 98 valence electrons. The molecule has 0 saturated heterocycles. The predicted molar refractivity (Wildman–Crippen MR) is 64.1 cm³/mol. The molecule has 1 amide bonds.